The van der Waals surface area contributed by atoms with Crippen LogP contribution in [0.25, 0.3) is 120 Å². The summed E-state index contributed by atoms with van der Waals surface area (Å²) in [5, 5.41) is 14.7. The molecule has 0 aliphatic rings. The minimum absolute atomic E-state index is 0.885. The minimum Gasteiger partial charge on any atom is -0.456 e. The van der Waals surface area contributed by atoms with Crippen LogP contribution < -0.4 is 0 Å². The highest BCUT2D eigenvalue weighted by atomic mass is 16.3. The SMILES string of the molecule is c1ccc(-c2c3ccccc3c(-c3cccc4oc5cc(-c6c7ccccc7c(-c7cccc8ccccc78)c7ccccc67)ccc5c34)c3ccccc23)cc1. The second-order valence-electron chi connectivity index (χ2n) is 15.1. The molecule has 1 nitrogen and oxygen atoms in total. The zero-order valence-corrected chi connectivity index (χ0v) is 31.0. The number of rotatable bonds is 4. The van der Waals surface area contributed by atoms with Crippen LogP contribution in [0.1, 0.15) is 0 Å². The van der Waals surface area contributed by atoms with Crippen molar-refractivity contribution in [3.63, 3.8) is 0 Å². The lowest BCUT2D eigenvalue weighted by Crippen LogP contribution is -1.91. The van der Waals surface area contributed by atoms with E-state index in [2.05, 4.69) is 206 Å². The fraction of sp³-hybridized carbons (Fsp3) is 0. The molecule has 12 aromatic rings. The first kappa shape index (κ1) is 31.8. The molecule has 0 aliphatic carbocycles. The maximum Gasteiger partial charge on any atom is 0.136 e. The summed E-state index contributed by atoms with van der Waals surface area (Å²) in [4.78, 5) is 0. The zero-order chi connectivity index (χ0) is 37.5. The summed E-state index contributed by atoms with van der Waals surface area (Å²) in [5.41, 5.74) is 11.6. The Bertz CT molecular complexity index is 3450. The molecule has 0 spiro atoms. The Labute approximate surface area is 329 Å². The van der Waals surface area contributed by atoms with Crippen molar-refractivity contribution in [2.24, 2.45) is 0 Å². The highest BCUT2D eigenvalue weighted by Gasteiger charge is 2.22. The third-order valence-corrected chi connectivity index (χ3v) is 12.0. The Morgan fingerprint density at radius 2 is 0.684 bits per heavy atom. The molecule has 0 unspecified atom stereocenters. The number of benzene rings is 11. The maximum absolute atomic E-state index is 6.86. The van der Waals surface area contributed by atoms with E-state index in [-0.39, 0.29) is 0 Å². The molecule has 0 N–H and O–H groups in total. The summed E-state index contributed by atoms with van der Waals surface area (Å²) in [6, 6.07) is 75.1. The standard InChI is InChI=1S/C56H34O/c1-2-17-36(18-3-1)52-40-21-6-12-27-46(40)55(47-28-13-7-22-41(47)52)49-30-15-31-50-56(49)48-33-32-37(34-51(48)57-50)53-42-23-8-10-25-44(42)54(45-26-11-9-24-43(45)53)39-29-14-19-35-16-4-5-20-38(35)39/h1-34H. The van der Waals surface area contributed by atoms with Crippen molar-refractivity contribution in [1.29, 1.82) is 0 Å². The van der Waals surface area contributed by atoms with Crippen LogP contribution in [0.3, 0.4) is 0 Å². The number of hydrogen-bond acceptors (Lipinski definition) is 1. The maximum atomic E-state index is 6.86. The average Bonchev–Trinajstić information content (AvgIpc) is 3.66. The van der Waals surface area contributed by atoms with Gasteiger partial charge in [-0.25, -0.2) is 0 Å². The Balaban J connectivity index is 1.11. The van der Waals surface area contributed by atoms with Gasteiger partial charge in [0.2, 0.25) is 0 Å². The number of hydrogen-bond donors (Lipinski definition) is 0. The molecule has 0 atom stereocenters. The van der Waals surface area contributed by atoms with Crippen molar-refractivity contribution in [2.75, 3.05) is 0 Å². The Hall–Kier alpha value is -7.48. The van der Waals surface area contributed by atoms with E-state index in [1.165, 1.54) is 92.8 Å². The molecular weight excluding hydrogens is 689 g/mol. The quantitative estimate of drug-likeness (QED) is 0.165. The van der Waals surface area contributed by atoms with Crippen LogP contribution in [0.4, 0.5) is 0 Å². The monoisotopic (exact) mass is 722 g/mol. The van der Waals surface area contributed by atoms with Crippen molar-refractivity contribution in [2.45, 2.75) is 0 Å². The van der Waals surface area contributed by atoms with Gasteiger partial charge in [-0.2, -0.15) is 0 Å². The van der Waals surface area contributed by atoms with E-state index in [1.54, 1.807) is 0 Å². The first-order valence-corrected chi connectivity index (χ1v) is 19.7. The van der Waals surface area contributed by atoms with Crippen LogP contribution in [-0.4, -0.2) is 0 Å². The van der Waals surface area contributed by atoms with Gasteiger partial charge in [-0.1, -0.05) is 188 Å². The van der Waals surface area contributed by atoms with E-state index < -0.39 is 0 Å². The molecule has 1 heteroatoms. The molecule has 1 aromatic heterocycles. The second kappa shape index (κ2) is 12.5. The molecule has 264 valence electrons. The van der Waals surface area contributed by atoms with E-state index in [4.69, 9.17) is 4.42 Å². The molecule has 0 amide bonds. The summed E-state index contributed by atoms with van der Waals surface area (Å²) in [6.07, 6.45) is 0. The van der Waals surface area contributed by atoms with Gasteiger partial charge in [0.25, 0.3) is 0 Å². The smallest absolute Gasteiger partial charge is 0.136 e. The average molecular weight is 723 g/mol. The van der Waals surface area contributed by atoms with Gasteiger partial charge >= 0.3 is 0 Å². The lowest BCUT2D eigenvalue weighted by Gasteiger charge is -2.19. The van der Waals surface area contributed by atoms with Gasteiger partial charge in [-0.05, 0) is 117 Å². The van der Waals surface area contributed by atoms with Crippen LogP contribution in [0.5, 0.6) is 0 Å². The van der Waals surface area contributed by atoms with Crippen LogP contribution in [-0.2, 0) is 0 Å². The molecule has 0 aliphatic heterocycles. The predicted octanol–water partition coefficient (Wildman–Crippen LogP) is 16.0. The van der Waals surface area contributed by atoms with Crippen LogP contribution in [0, 0.1) is 0 Å². The van der Waals surface area contributed by atoms with Gasteiger partial charge in [0.15, 0.2) is 0 Å². The molecular formula is C56H34O. The molecule has 0 radical (unpaired) electrons. The van der Waals surface area contributed by atoms with Gasteiger partial charge < -0.3 is 4.42 Å². The minimum atomic E-state index is 0.885. The third kappa shape index (κ3) is 4.76. The summed E-state index contributed by atoms with van der Waals surface area (Å²) in [6.45, 7) is 0. The van der Waals surface area contributed by atoms with Crippen LogP contribution in [0.15, 0.2) is 211 Å². The third-order valence-electron chi connectivity index (χ3n) is 12.0. The summed E-state index contributed by atoms with van der Waals surface area (Å²) in [5.74, 6) is 0. The van der Waals surface area contributed by atoms with Crippen LogP contribution in [0.2, 0.25) is 0 Å². The first-order chi connectivity index (χ1) is 28.3. The lowest BCUT2D eigenvalue weighted by atomic mass is 9.84. The zero-order valence-electron chi connectivity index (χ0n) is 31.0. The normalized spacial score (nSPS) is 11.9. The second-order valence-corrected chi connectivity index (χ2v) is 15.1. The van der Waals surface area contributed by atoms with E-state index >= 15 is 0 Å². The van der Waals surface area contributed by atoms with E-state index in [9.17, 15) is 0 Å². The van der Waals surface area contributed by atoms with Gasteiger partial charge in [0, 0.05) is 10.8 Å². The van der Waals surface area contributed by atoms with Crippen molar-refractivity contribution in [3.05, 3.63) is 206 Å². The lowest BCUT2D eigenvalue weighted by molar-refractivity contribution is 0.669. The predicted molar refractivity (Wildman–Crippen MR) is 243 cm³/mol. The Morgan fingerprint density at radius 1 is 0.246 bits per heavy atom. The van der Waals surface area contributed by atoms with Gasteiger partial charge in [-0.15, -0.1) is 0 Å². The van der Waals surface area contributed by atoms with Crippen molar-refractivity contribution < 1.29 is 4.42 Å². The summed E-state index contributed by atoms with van der Waals surface area (Å²) in [7, 11) is 0. The summed E-state index contributed by atoms with van der Waals surface area (Å²) >= 11 is 0. The van der Waals surface area contributed by atoms with Crippen LogP contribution >= 0.6 is 0 Å². The Kier molecular flexibility index (Phi) is 7.00. The van der Waals surface area contributed by atoms with E-state index in [1.807, 2.05) is 0 Å². The molecule has 0 fully saturated rings. The number of fused-ring (bicyclic) bond motifs is 8. The topological polar surface area (TPSA) is 13.1 Å². The molecule has 0 saturated carbocycles. The van der Waals surface area contributed by atoms with Crippen molar-refractivity contribution >= 4 is 75.8 Å². The van der Waals surface area contributed by atoms with Crippen molar-refractivity contribution in [3.8, 4) is 44.5 Å². The molecule has 12 rings (SSSR count). The van der Waals surface area contributed by atoms with E-state index in [0.29, 0.717) is 0 Å². The fourth-order valence-corrected chi connectivity index (χ4v) is 9.70. The largest absolute Gasteiger partial charge is 0.456 e. The highest BCUT2D eigenvalue weighted by molar-refractivity contribution is 6.27. The molecule has 0 saturated heterocycles. The van der Waals surface area contributed by atoms with Gasteiger partial charge in [-0.3, -0.25) is 0 Å². The molecule has 57 heavy (non-hydrogen) atoms. The molecule has 0 bridgehead atoms. The Morgan fingerprint density at radius 3 is 1.28 bits per heavy atom. The number of furan rings is 1. The van der Waals surface area contributed by atoms with E-state index in [0.717, 1.165) is 27.5 Å². The van der Waals surface area contributed by atoms with Gasteiger partial charge in [0.1, 0.15) is 11.2 Å². The van der Waals surface area contributed by atoms with Crippen molar-refractivity contribution in [1.82, 2.24) is 0 Å². The summed E-state index contributed by atoms with van der Waals surface area (Å²) < 4.78 is 6.86. The first-order valence-electron chi connectivity index (χ1n) is 19.7. The fourth-order valence-electron chi connectivity index (χ4n) is 9.70. The van der Waals surface area contributed by atoms with Gasteiger partial charge in [0.05, 0.1) is 0 Å². The highest BCUT2D eigenvalue weighted by Crippen LogP contribution is 2.49. The molecule has 11 aromatic carbocycles. The molecule has 1 heterocycles.